The monoisotopic (exact) mass is 351 g/mol. The molecule has 1 rings (SSSR count). The van der Waals surface area contributed by atoms with Crippen molar-refractivity contribution in [1.29, 1.82) is 0 Å². The van der Waals surface area contributed by atoms with Gasteiger partial charge in [-0.25, -0.2) is 21.6 Å². The Bertz CT molecular complexity index is 697. The first-order valence-corrected chi connectivity index (χ1v) is 9.98. The van der Waals surface area contributed by atoms with E-state index in [4.69, 9.17) is 9.47 Å². The summed E-state index contributed by atoms with van der Waals surface area (Å²) in [6.45, 7) is 1.57. The van der Waals surface area contributed by atoms with E-state index in [9.17, 15) is 16.8 Å². The first kappa shape index (κ1) is 18.7. The molecule has 0 spiro atoms. The summed E-state index contributed by atoms with van der Waals surface area (Å²) in [6.07, 6.45) is 0.470. The van der Waals surface area contributed by atoms with Crippen LogP contribution in [0, 0.1) is 0 Å². The van der Waals surface area contributed by atoms with Crippen molar-refractivity contribution in [2.45, 2.75) is 18.2 Å². The molecule has 1 aromatic rings. The van der Waals surface area contributed by atoms with Crippen LogP contribution in [0.1, 0.15) is 13.3 Å². The van der Waals surface area contributed by atoms with Crippen LogP contribution in [0.25, 0.3) is 0 Å². The minimum absolute atomic E-state index is 0.0244. The number of hydrogen-bond donors (Lipinski definition) is 1. The number of methoxy groups -OCH3 is 2. The topological polar surface area (TPSA) is 98.8 Å². The Morgan fingerprint density at radius 2 is 1.64 bits per heavy atom. The SMILES string of the molecule is CCCS(=O)(=O)NCCS(=O)(=O)c1ccc(OC)c(OC)c1. The molecule has 22 heavy (non-hydrogen) atoms. The van der Waals surface area contributed by atoms with E-state index in [0.29, 0.717) is 17.9 Å². The van der Waals surface area contributed by atoms with Crippen LogP contribution < -0.4 is 14.2 Å². The zero-order valence-electron chi connectivity index (χ0n) is 12.8. The van der Waals surface area contributed by atoms with Gasteiger partial charge in [0.25, 0.3) is 0 Å². The summed E-state index contributed by atoms with van der Waals surface area (Å²) in [5.41, 5.74) is 0. The van der Waals surface area contributed by atoms with Gasteiger partial charge in [0.05, 0.1) is 30.6 Å². The molecule has 9 heteroatoms. The van der Waals surface area contributed by atoms with Crippen molar-refractivity contribution in [3.8, 4) is 11.5 Å². The molecule has 1 aromatic carbocycles. The number of nitrogens with one attached hydrogen (secondary N) is 1. The molecule has 0 fully saturated rings. The van der Waals surface area contributed by atoms with Crippen LogP contribution in [0.15, 0.2) is 23.1 Å². The Hall–Kier alpha value is -1.32. The highest BCUT2D eigenvalue weighted by atomic mass is 32.2. The molecule has 0 saturated heterocycles. The Balaban J connectivity index is 2.83. The minimum Gasteiger partial charge on any atom is -0.493 e. The number of rotatable bonds is 9. The maximum atomic E-state index is 12.2. The van der Waals surface area contributed by atoms with Gasteiger partial charge in [-0.3, -0.25) is 0 Å². The Morgan fingerprint density at radius 3 is 2.18 bits per heavy atom. The lowest BCUT2D eigenvalue weighted by Crippen LogP contribution is -2.31. The van der Waals surface area contributed by atoms with Crippen LogP contribution in [0.4, 0.5) is 0 Å². The molecule has 0 bridgehead atoms. The summed E-state index contributed by atoms with van der Waals surface area (Å²) in [7, 11) is -4.17. The van der Waals surface area contributed by atoms with Crippen LogP contribution in [-0.4, -0.2) is 49.1 Å². The molecule has 0 aromatic heterocycles. The van der Waals surface area contributed by atoms with Gasteiger partial charge in [-0.15, -0.1) is 0 Å². The summed E-state index contributed by atoms with van der Waals surface area (Å²) in [6, 6.07) is 4.25. The summed E-state index contributed by atoms with van der Waals surface area (Å²) in [4.78, 5) is 0.0554. The standard InChI is InChI=1S/C13H21NO6S2/c1-4-8-22(17,18)14-7-9-21(15,16)11-5-6-12(19-2)13(10-11)20-3/h5-6,10,14H,4,7-9H2,1-3H3. The normalized spacial score (nSPS) is 12.1. The van der Waals surface area contributed by atoms with Gasteiger partial charge in [0.2, 0.25) is 10.0 Å². The van der Waals surface area contributed by atoms with Crippen molar-refractivity contribution >= 4 is 19.9 Å². The van der Waals surface area contributed by atoms with Crippen LogP contribution in [-0.2, 0) is 19.9 Å². The lowest BCUT2D eigenvalue weighted by molar-refractivity contribution is 0.354. The number of benzene rings is 1. The van der Waals surface area contributed by atoms with Gasteiger partial charge in [-0.2, -0.15) is 0 Å². The lowest BCUT2D eigenvalue weighted by atomic mass is 10.3. The minimum atomic E-state index is -3.62. The first-order chi connectivity index (χ1) is 10.3. The second kappa shape index (κ2) is 7.80. The van der Waals surface area contributed by atoms with E-state index in [-0.39, 0.29) is 22.9 Å². The van der Waals surface area contributed by atoms with Crippen molar-refractivity contribution in [3.63, 3.8) is 0 Å². The van der Waals surface area contributed by atoms with Crippen LogP contribution in [0.2, 0.25) is 0 Å². The summed E-state index contributed by atoms with van der Waals surface area (Å²) in [5.74, 6) is 0.370. The maximum Gasteiger partial charge on any atom is 0.211 e. The highest BCUT2D eigenvalue weighted by Crippen LogP contribution is 2.29. The van der Waals surface area contributed by atoms with Gasteiger partial charge in [-0.05, 0) is 18.6 Å². The molecule has 1 N–H and O–H groups in total. The van der Waals surface area contributed by atoms with Crippen LogP contribution in [0.5, 0.6) is 11.5 Å². The number of ether oxygens (including phenoxy) is 2. The van der Waals surface area contributed by atoms with Crippen molar-refractivity contribution in [2.24, 2.45) is 0 Å². The van der Waals surface area contributed by atoms with Gasteiger partial charge < -0.3 is 9.47 Å². The molecule has 0 amide bonds. The fraction of sp³-hybridized carbons (Fsp3) is 0.538. The van der Waals surface area contributed by atoms with Crippen LogP contribution in [0.3, 0.4) is 0 Å². The molecular formula is C13H21NO6S2. The maximum absolute atomic E-state index is 12.2. The Labute approximate surface area is 131 Å². The zero-order valence-corrected chi connectivity index (χ0v) is 14.5. The number of sulfone groups is 1. The summed E-state index contributed by atoms with van der Waals surface area (Å²) >= 11 is 0. The largest absolute Gasteiger partial charge is 0.493 e. The summed E-state index contributed by atoms with van der Waals surface area (Å²) in [5, 5.41) is 0. The second-order valence-electron chi connectivity index (χ2n) is 4.55. The Morgan fingerprint density at radius 1 is 1.00 bits per heavy atom. The predicted molar refractivity (Wildman–Crippen MR) is 83.7 cm³/mol. The molecule has 7 nitrogen and oxygen atoms in total. The van der Waals surface area contributed by atoms with E-state index in [1.807, 2.05) is 0 Å². The summed E-state index contributed by atoms with van der Waals surface area (Å²) < 4.78 is 59.8. The predicted octanol–water partition coefficient (Wildman–Crippen LogP) is 0.807. The quantitative estimate of drug-likeness (QED) is 0.707. The molecule has 126 valence electrons. The molecular weight excluding hydrogens is 330 g/mol. The van der Waals surface area contributed by atoms with E-state index in [0.717, 1.165) is 0 Å². The molecule has 0 aliphatic rings. The van der Waals surface area contributed by atoms with Crippen LogP contribution >= 0.6 is 0 Å². The highest BCUT2D eigenvalue weighted by molar-refractivity contribution is 7.91. The average molecular weight is 351 g/mol. The van der Waals surface area contributed by atoms with Gasteiger partial charge >= 0.3 is 0 Å². The van der Waals surface area contributed by atoms with Gasteiger partial charge in [0.1, 0.15) is 0 Å². The molecule has 0 saturated carbocycles. The molecule has 0 radical (unpaired) electrons. The zero-order chi connectivity index (χ0) is 16.8. The fourth-order valence-electron chi connectivity index (χ4n) is 1.80. The van der Waals surface area contributed by atoms with E-state index >= 15 is 0 Å². The van der Waals surface area contributed by atoms with Gasteiger partial charge in [-0.1, -0.05) is 6.92 Å². The van der Waals surface area contributed by atoms with Crippen molar-refractivity contribution in [1.82, 2.24) is 4.72 Å². The van der Waals surface area contributed by atoms with Crippen molar-refractivity contribution in [2.75, 3.05) is 32.3 Å². The third kappa shape index (κ3) is 5.15. The molecule has 0 aliphatic carbocycles. The molecule has 0 aliphatic heterocycles. The Kier molecular flexibility index (Phi) is 6.64. The average Bonchev–Trinajstić information content (AvgIpc) is 2.45. The van der Waals surface area contributed by atoms with Crippen molar-refractivity contribution < 1.29 is 26.3 Å². The van der Waals surface area contributed by atoms with E-state index < -0.39 is 19.9 Å². The van der Waals surface area contributed by atoms with Gasteiger partial charge in [0, 0.05) is 12.6 Å². The smallest absolute Gasteiger partial charge is 0.211 e. The highest BCUT2D eigenvalue weighted by Gasteiger charge is 2.18. The molecule has 0 atom stereocenters. The first-order valence-electron chi connectivity index (χ1n) is 6.68. The fourth-order valence-corrected chi connectivity index (χ4v) is 4.19. The van der Waals surface area contributed by atoms with E-state index in [2.05, 4.69) is 4.72 Å². The number of sulfonamides is 1. The molecule has 0 unspecified atom stereocenters. The third-order valence-electron chi connectivity index (χ3n) is 2.88. The van der Waals surface area contributed by atoms with Crippen molar-refractivity contribution in [3.05, 3.63) is 18.2 Å². The third-order valence-corrected chi connectivity index (χ3v) is 6.18. The van der Waals surface area contributed by atoms with E-state index in [1.54, 1.807) is 6.92 Å². The molecule has 0 heterocycles. The lowest BCUT2D eigenvalue weighted by Gasteiger charge is -2.10. The second-order valence-corrected chi connectivity index (χ2v) is 8.58. The van der Waals surface area contributed by atoms with E-state index in [1.165, 1.54) is 32.4 Å². The number of hydrogen-bond acceptors (Lipinski definition) is 6. The van der Waals surface area contributed by atoms with Gasteiger partial charge in [0.15, 0.2) is 21.3 Å².